The minimum atomic E-state index is -0.496. The second-order valence-corrected chi connectivity index (χ2v) is 7.90. The molecule has 2 aromatic carbocycles. The Balaban J connectivity index is 1.95. The van der Waals surface area contributed by atoms with Gasteiger partial charge in [-0.05, 0) is 52.6 Å². The first-order valence-corrected chi connectivity index (χ1v) is 9.76. The fraction of sp³-hybridized carbons (Fsp3) is 0.105. The maximum atomic E-state index is 12.9. The molecule has 3 rings (SSSR count). The van der Waals surface area contributed by atoms with Gasteiger partial charge in [-0.3, -0.25) is 14.9 Å². The van der Waals surface area contributed by atoms with Gasteiger partial charge in [0.2, 0.25) is 0 Å². The van der Waals surface area contributed by atoms with Crippen molar-refractivity contribution in [2.24, 2.45) is 0 Å². The highest BCUT2D eigenvalue weighted by atomic mass is 127. The Morgan fingerprint density at radius 3 is 2.54 bits per heavy atom. The summed E-state index contributed by atoms with van der Waals surface area (Å²) in [6.45, 7) is 2.01. The molecule has 1 atom stereocenters. The number of amides is 1. The molecule has 3 aromatic rings. The van der Waals surface area contributed by atoms with E-state index in [-0.39, 0.29) is 17.6 Å². The lowest BCUT2D eigenvalue weighted by atomic mass is 10.0. The van der Waals surface area contributed by atoms with Crippen LogP contribution in [0.3, 0.4) is 0 Å². The Labute approximate surface area is 168 Å². The average molecular weight is 478 g/mol. The highest BCUT2D eigenvalue weighted by Gasteiger charge is 2.21. The number of benzene rings is 2. The summed E-state index contributed by atoms with van der Waals surface area (Å²) in [7, 11) is 0. The smallest absolute Gasteiger partial charge is 0.270 e. The molecule has 0 aliphatic rings. The first kappa shape index (κ1) is 18.5. The molecule has 26 heavy (non-hydrogen) atoms. The topological polar surface area (TPSA) is 72.2 Å². The van der Waals surface area contributed by atoms with Crippen LogP contribution in [0.25, 0.3) is 0 Å². The van der Waals surface area contributed by atoms with Gasteiger partial charge in [-0.15, -0.1) is 11.3 Å². The van der Waals surface area contributed by atoms with Crippen molar-refractivity contribution >= 4 is 45.5 Å². The summed E-state index contributed by atoms with van der Waals surface area (Å²) in [5.74, 6) is -0.336. The SMILES string of the molecule is Cc1ccc(C(NC(=O)c2cc([N+](=O)[O-])ccc2I)c2cccs2)cc1. The fourth-order valence-electron chi connectivity index (χ4n) is 2.54. The van der Waals surface area contributed by atoms with E-state index in [1.165, 1.54) is 12.1 Å². The van der Waals surface area contributed by atoms with Crippen molar-refractivity contribution in [3.63, 3.8) is 0 Å². The largest absolute Gasteiger partial charge is 0.340 e. The van der Waals surface area contributed by atoms with Crippen LogP contribution in [0.2, 0.25) is 0 Å². The molecule has 1 aromatic heterocycles. The second-order valence-electron chi connectivity index (χ2n) is 5.75. The molecule has 1 N–H and O–H groups in total. The highest BCUT2D eigenvalue weighted by Crippen LogP contribution is 2.28. The van der Waals surface area contributed by atoms with E-state index in [1.807, 2.05) is 71.3 Å². The number of hydrogen-bond acceptors (Lipinski definition) is 4. The molecule has 1 heterocycles. The molecule has 7 heteroatoms. The number of non-ortho nitro benzene ring substituents is 1. The van der Waals surface area contributed by atoms with Gasteiger partial charge in [-0.25, -0.2) is 0 Å². The zero-order valence-electron chi connectivity index (χ0n) is 13.8. The van der Waals surface area contributed by atoms with Crippen molar-refractivity contribution in [1.82, 2.24) is 5.32 Å². The van der Waals surface area contributed by atoms with E-state index in [0.717, 1.165) is 16.0 Å². The number of rotatable bonds is 5. The van der Waals surface area contributed by atoms with Crippen LogP contribution in [-0.2, 0) is 0 Å². The van der Waals surface area contributed by atoms with Gasteiger partial charge < -0.3 is 5.32 Å². The van der Waals surface area contributed by atoms with Crippen molar-refractivity contribution in [3.8, 4) is 0 Å². The quantitative estimate of drug-likeness (QED) is 0.316. The van der Waals surface area contributed by atoms with Gasteiger partial charge in [0.1, 0.15) is 0 Å². The maximum Gasteiger partial charge on any atom is 0.270 e. The Morgan fingerprint density at radius 1 is 1.19 bits per heavy atom. The van der Waals surface area contributed by atoms with Gasteiger partial charge in [0, 0.05) is 20.6 Å². The minimum absolute atomic E-state index is 0.0985. The van der Waals surface area contributed by atoms with Crippen molar-refractivity contribution in [3.05, 3.63) is 95.2 Å². The van der Waals surface area contributed by atoms with Crippen LogP contribution >= 0.6 is 33.9 Å². The number of thiophene rings is 1. The molecule has 1 unspecified atom stereocenters. The number of hydrogen-bond donors (Lipinski definition) is 1. The first-order chi connectivity index (χ1) is 12.5. The van der Waals surface area contributed by atoms with E-state index >= 15 is 0 Å². The zero-order chi connectivity index (χ0) is 18.7. The Morgan fingerprint density at radius 2 is 1.92 bits per heavy atom. The van der Waals surface area contributed by atoms with Crippen LogP contribution in [0.4, 0.5) is 5.69 Å². The normalized spacial score (nSPS) is 11.8. The predicted octanol–water partition coefficient (Wildman–Crippen LogP) is 5.09. The van der Waals surface area contributed by atoms with Crippen molar-refractivity contribution in [2.45, 2.75) is 13.0 Å². The van der Waals surface area contributed by atoms with Crippen LogP contribution in [0.15, 0.2) is 60.0 Å². The molecular formula is C19H15IN2O3S. The standard InChI is InChI=1S/C19H15IN2O3S/c1-12-4-6-13(7-5-12)18(17-3-2-10-26-17)21-19(23)15-11-14(22(24)25)8-9-16(15)20/h2-11,18H,1H3,(H,21,23). The molecule has 0 aliphatic carbocycles. The third kappa shape index (κ3) is 4.10. The summed E-state index contributed by atoms with van der Waals surface area (Å²) in [4.78, 5) is 24.4. The van der Waals surface area contributed by atoms with Gasteiger partial charge in [0.25, 0.3) is 11.6 Å². The highest BCUT2D eigenvalue weighted by molar-refractivity contribution is 14.1. The molecule has 132 valence electrons. The second kappa shape index (κ2) is 7.96. The molecule has 0 spiro atoms. The monoisotopic (exact) mass is 478 g/mol. The summed E-state index contributed by atoms with van der Waals surface area (Å²) in [5.41, 5.74) is 2.30. The van der Waals surface area contributed by atoms with Gasteiger partial charge in [-0.1, -0.05) is 35.9 Å². The van der Waals surface area contributed by atoms with Crippen LogP contribution in [-0.4, -0.2) is 10.8 Å². The first-order valence-electron chi connectivity index (χ1n) is 7.80. The number of nitrogens with one attached hydrogen (secondary N) is 1. The van der Waals surface area contributed by atoms with E-state index < -0.39 is 4.92 Å². The number of nitrogens with zero attached hydrogens (tertiary/aromatic N) is 1. The Bertz CT molecular complexity index is 940. The Hall–Kier alpha value is -2.26. The van der Waals surface area contributed by atoms with E-state index in [1.54, 1.807) is 17.4 Å². The van der Waals surface area contributed by atoms with Crippen LogP contribution in [0.1, 0.15) is 32.4 Å². The molecule has 1 amide bonds. The molecule has 0 bridgehead atoms. The van der Waals surface area contributed by atoms with Gasteiger partial charge in [0.15, 0.2) is 0 Å². The lowest BCUT2D eigenvalue weighted by molar-refractivity contribution is -0.384. The lowest BCUT2D eigenvalue weighted by Gasteiger charge is -2.19. The molecule has 0 saturated carbocycles. The third-order valence-corrected chi connectivity index (χ3v) is 5.80. The number of nitro benzene ring substituents is 1. The molecule has 5 nitrogen and oxygen atoms in total. The van der Waals surface area contributed by atoms with Crippen LogP contribution in [0, 0.1) is 20.6 Å². The third-order valence-electron chi connectivity index (χ3n) is 3.92. The van der Waals surface area contributed by atoms with Crippen molar-refractivity contribution in [2.75, 3.05) is 0 Å². The number of carbonyl (C=O) groups excluding carboxylic acids is 1. The fourth-order valence-corrected chi connectivity index (χ4v) is 3.93. The number of carbonyl (C=O) groups is 1. The van der Waals surface area contributed by atoms with Crippen molar-refractivity contribution < 1.29 is 9.72 Å². The summed E-state index contributed by atoms with van der Waals surface area (Å²) in [6.07, 6.45) is 0. The minimum Gasteiger partial charge on any atom is -0.340 e. The number of nitro groups is 1. The maximum absolute atomic E-state index is 12.9. The van der Waals surface area contributed by atoms with E-state index in [4.69, 9.17) is 0 Å². The molecule has 0 radical (unpaired) electrons. The summed E-state index contributed by atoms with van der Waals surface area (Å²) in [5, 5.41) is 16.0. The summed E-state index contributed by atoms with van der Waals surface area (Å²) >= 11 is 3.57. The Kier molecular flexibility index (Phi) is 5.67. The molecule has 0 saturated heterocycles. The lowest BCUT2D eigenvalue weighted by Crippen LogP contribution is -2.29. The summed E-state index contributed by atoms with van der Waals surface area (Å²) < 4.78 is 0.666. The number of aryl methyl sites for hydroxylation is 1. The van der Waals surface area contributed by atoms with E-state index in [0.29, 0.717) is 9.13 Å². The summed E-state index contributed by atoms with van der Waals surface area (Å²) in [6, 6.07) is 15.9. The van der Waals surface area contributed by atoms with Gasteiger partial charge in [0.05, 0.1) is 16.5 Å². The average Bonchev–Trinajstić information content (AvgIpc) is 3.15. The number of halogens is 1. The molecular weight excluding hydrogens is 463 g/mol. The van der Waals surface area contributed by atoms with Crippen LogP contribution < -0.4 is 5.32 Å². The van der Waals surface area contributed by atoms with Gasteiger partial charge in [-0.2, -0.15) is 0 Å². The van der Waals surface area contributed by atoms with Crippen LogP contribution in [0.5, 0.6) is 0 Å². The molecule has 0 aliphatic heterocycles. The zero-order valence-corrected chi connectivity index (χ0v) is 16.8. The van der Waals surface area contributed by atoms with Crippen molar-refractivity contribution in [1.29, 1.82) is 0 Å². The predicted molar refractivity (Wildman–Crippen MR) is 111 cm³/mol. The van der Waals surface area contributed by atoms with E-state index in [2.05, 4.69) is 5.32 Å². The van der Waals surface area contributed by atoms with E-state index in [9.17, 15) is 14.9 Å². The van der Waals surface area contributed by atoms with Gasteiger partial charge >= 0.3 is 0 Å². The molecule has 0 fully saturated rings.